The van der Waals surface area contributed by atoms with Gasteiger partial charge in [-0.25, -0.2) is 4.39 Å². The van der Waals surface area contributed by atoms with Crippen LogP contribution in [0.3, 0.4) is 0 Å². The molecule has 1 aromatic rings. The van der Waals surface area contributed by atoms with Gasteiger partial charge in [0.15, 0.2) is 0 Å². The molecular weight excluding hydrogens is 279 g/mol. The van der Waals surface area contributed by atoms with Gasteiger partial charge in [0.1, 0.15) is 5.82 Å². The largest absolute Gasteiger partial charge is 0.388 e. The van der Waals surface area contributed by atoms with Crippen molar-refractivity contribution in [3.05, 3.63) is 33.5 Å². The number of hydrogen-bond acceptors (Lipinski definition) is 2. The van der Waals surface area contributed by atoms with Crippen LogP contribution in [-0.4, -0.2) is 10.9 Å². The molecule has 0 bridgehead atoms. The van der Waals surface area contributed by atoms with Crippen LogP contribution in [0.4, 0.5) is 4.39 Å². The highest BCUT2D eigenvalue weighted by Gasteiger charge is 2.26. The first-order chi connectivity index (χ1) is 7.11. The van der Waals surface area contributed by atoms with Gasteiger partial charge in [-0.1, -0.05) is 22.9 Å². The highest BCUT2D eigenvalue weighted by Crippen LogP contribution is 2.39. The number of hydrogen-bond donors (Lipinski definition) is 1. The fourth-order valence-electron chi connectivity index (χ4n) is 1.80. The van der Waals surface area contributed by atoms with E-state index < -0.39 is 6.10 Å². The summed E-state index contributed by atoms with van der Waals surface area (Å²) in [6.07, 6.45) is -0.569. The molecule has 1 nitrogen and oxygen atoms in total. The molecule has 0 aliphatic carbocycles. The number of rotatable bonds is 0. The molecule has 82 valence electrons. The molecule has 0 spiro atoms. The van der Waals surface area contributed by atoms with Gasteiger partial charge < -0.3 is 5.11 Å². The van der Waals surface area contributed by atoms with Crippen molar-refractivity contribution in [2.75, 3.05) is 5.75 Å². The van der Waals surface area contributed by atoms with E-state index in [-0.39, 0.29) is 11.7 Å². The molecule has 0 amide bonds. The third-order valence-electron chi connectivity index (χ3n) is 2.71. The predicted molar refractivity (Wildman–Crippen MR) is 64.4 cm³/mol. The van der Waals surface area contributed by atoms with Crippen molar-refractivity contribution in [1.29, 1.82) is 0 Å². The number of halogens is 2. The van der Waals surface area contributed by atoms with Gasteiger partial charge >= 0.3 is 0 Å². The first-order valence-electron chi connectivity index (χ1n) is 4.84. The summed E-state index contributed by atoms with van der Waals surface area (Å²) in [6.45, 7) is 1.99. The van der Waals surface area contributed by atoms with Crippen LogP contribution in [0.5, 0.6) is 0 Å². The lowest BCUT2D eigenvalue weighted by Crippen LogP contribution is -2.11. The van der Waals surface area contributed by atoms with E-state index >= 15 is 0 Å². The molecular formula is C11H12BrFOS. The molecule has 1 aliphatic heterocycles. The van der Waals surface area contributed by atoms with E-state index in [4.69, 9.17) is 0 Å². The van der Waals surface area contributed by atoms with Crippen LogP contribution in [0.2, 0.25) is 0 Å². The minimum atomic E-state index is -0.569. The summed E-state index contributed by atoms with van der Waals surface area (Å²) < 4.78 is 14.4. The van der Waals surface area contributed by atoms with Crippen LogP contribution in [0.1, 0.15) is 24.2 Å². The van der Waals surface area contributed by atoms with Crippen molar-refractivity contribution in [3.63, 3.8) is 0 Å². The van der Waals surface area contributed by atoms with Crippen molar-refractivity contribution >= 4 is 27.7 Å². The lowest BCUT2D eigenvalue weighted by atomic mass is 9.95. The quantitative estimate of drug-likeness (QED) is 0.789. The molecule has 1 aromatic carbocycles. The van der Waals surface area contributed by atoms with Gasteiger partial charge in [0.25, 0.3) is 0 Å². The Morgan fingerprint density at radius 3 is 3.00 bits per heavy atom. The minimum Gasteiger partial charge on any atom is -0.388 e. The minimum absolute atomic E-state index is 0.161. The number of fused-ring (bicyclic) bond motifs is 1. The maximum absolute atomic E-state index is 13.6. The van der Waals surface area contributed by atoms with Gasteiger partial charge in [0, 0.05) is 21.4 Å². The molecule has 2 unspecified atom stereocenters. The average Bonchev–Trinajstić information content (AvgIpc) is 2.35. The van der Waals surface area contributed by atoms with Crippen molar-refractivity contribution in [3.8, 4) is 0 Å². The van der Waals surface area contributed by atoms with E-state index in [9.17, 15) is 9.50 Å². The van der Waals surface area contributed by atoms with Crippen LogP contribution in [0, 0.1) is 11.7 Å². The third kappa shape index (κ3) is 2.08. The fourth-order valence-corrected chi connectivity index (χ4v) is 3.57. The second-order valence-electron chi connectivity index (χ2n) is 3.86. The molecule has 1 heterocycles. The molecule has 1 N–H and O–H groups in total. The van der Waals surface area contributed by atoms with Gasteiger partial charge in [-0.05, 0) is 23.8 Å². The molecule has 0 aromatic heterocycles. The van der Waals surface area contributed by atoms with E-state index in [1.54, 1.807) is 17.8 Å². The van der Waals surface area contributed by atoms with Crippen LogP contribution >= 0.6 is 27.7 Å². The normalized spacial score (nSPS) is 25.9. The van der Waals surface area contributed by atoms with E-state index in [1.165, 1.54) is 6.07 Å². The highest BCUT2D eigenvalue weighted by atomic mass is 79.9. The van der Waals surface area contributed by atoms with E-state index in [1.807, 2.05) is 6.92 Å². The number of aliphatic hydroxyl groups is 1. The van der Waals surface area contributed by atoms with Gasteiger partial charge in [-0.15, -0.1) is 0 Å². The lowest BCUT2D eigenvalue weighted by molar-refractivity contribution is 0.128. The second kappa shape index (κ2) is 4.44. The summed E-state index contributed by atoms with van der Waals surface area (Å²) in [5.74, 6) is 1.45. The molecule has 0 radical (unpaired) electrons. The summed E-state index contributed by atoms with van der Waals surface area (Å²) >= 11 is 5.06. The Balaban J connectivity index is 2.57. The summed E-state index contributed by atoms with van der Waals surface area (Å²) in [6, 6.07) is 3.12. The smallest absolute Gasteiger partial charge is 0.127 e. The first-order valence-corrected chi connectivity index (χ1v) is 6.78. The maximum Gasteiger partial charge on any atom is 0.127 e. The summed E-state index contributed by atoms with van der Waals surface area (Å²) in [7, 11) is 0. The molecule has 0 saturated heterocycles. The van der Waals surface area contributed by atoms with Crippen LogP contribution in [-0.2, 0) is 5.75 Å². The standard InChI is InChI=1S/C11H12BrFOS/c1-6-4-15-5-7-9(13)3-2-8(12)10(7)11(6)14/h2-3,6,11,14H,4-5H2,1H3. The predicted octanol–water partition coefficient (Wildman–Crippen LogP) is 3.50. The zero-order valence-corrected chi connectivity index (χ0v) is 10.7. The Hall–Kier alpha value is -0.0600. The number of aliphatic hydroxyl groups excluding tert-OH is 1. The number of thioether (sulfide) groups is 1. The topological polar surface area (TPSA) is 20.2 Å². The van der Waals surface area contributed by atoms with Gasteiger partial charge in [-0.3, -0.25) is 0 Å². The third-order valence-corrected chi connectivity index (χ3v) is 4.65. The average molecular weight is 291 g/mol. The molecule has 2 atom stereocenters. The number of benzene rings is 1. The zero-order chi connectivity index (χ0) is 11.0. The van der Waals surface area contributed by atoms with Crippen molar-refractivity contribution < 1.29 is 9.50 Å². The van der Waals surface area contributed by atoms with Gasteiger partial charge in [-0.2, -0.15) is 11.8 Å². The zero-order valence-electron chi connectivity index (χ0n) is 8.34. The van der Waals surface area contributed by atoms with Gasteiger partial charge in [0.2, 0.25) is 0 Å². The lowest BCUT2D eigenvalue weighted by Gasteiger charge is -2.18. The molecule has 0 fully saturated rings. The molecule has 15 heavy (non-hydrogen) atoms. The van der Waals surface area contributed by atoms with Crippen LogP contribution in [0.25, 0.3) is 0 Å². The fraction of sp³-hybridized carbons (Fsp3) is 0.455. The molecule has 4 heteroatoms. The Morgan fingerprint density at radius 2 is 2.27 bits per heavy atom. The Labute approximate surface area is 101 Å². The summed E-state index contributed by atoms with van der Waals surface area (Å²) in [5, 5.41) is 10.1. The van der Waals surface area contributed by atoms with Crippen molar-refractivity contribution in [2.24, 2.45) is 5.92 Å². The molecule has 1 aliphatic rings. The van der Waals surface area contributed by atoms with Crippen LogP contribution < -0.4 is 0 Å². The highest BCUT2D eigenvalue weighted by molar-refractivity contribution is 9.10. The molecule has 0 saturated carbocycles. The first kappa shape index (κ1) is 11.4. The Bertz CT molecular complexity index is 383. The Kier molecular flexibility index (Phi) is 3.38. The maximum atomic E-state index is 13.6. The van der Waals surface area contributed by atoms with E-state index in [0.29, 0.717) is 11.3 Å². The summed E-state index contributed by atoms with van der Waals surface area (Å²) in [5.41, 5.74) is 1.37. The second-order valence-corrected chi connectivity index (χ2v) is 5.74. The van der Waals surface area contributed by atoms with Crippen molar-refractivity contribution in [1.82, 2.24) is 0 Å². The summed E-state index contributed by atoms with van der Waals surface area (Å²) in [4.78, 5) is 0. The van der Waals surface area contributed by atoms with Crippen molar-refractivity contribution in [2.45, 2.75) is 18.8 Å². The van der Waals surface area contributed by atoms with E-state index in [2.05, 4.69) is 15.9 Å². The van der Waals surface area contributed by atoms with E-state index in [0.717, 1.165) is 15.8 Å². The monoisotopic (exact) mass is 290 g/mol. The SMILES string of the molecule is CC1CSCc2c(F)ccc(Br)c2C1O. The van der Waals surface area contributed by atoms with Gasteiger partial charge in [0.05, 0.1) is 6.10 Å². The van der Waals surface area contributed by atoms with Crippen LogP contribution in [0.15, 0.2) is 16.6 Å². The Morgan fingerprint density at radius 1 is 1.53 bits per heavy atom. The molecule has 2 rings (SSSR count).